The highest BCUT2D eigenvalue weighted by molar-refractivity contribution is 5.69. The first-order valence-corrected chi connectivity index (χ1v) is 6.57. The average molecular weight is 297 g/mol. The SMILES string of the molecule is Cn1cnc2c1c(=O)n(CCNC(CO)CO)c(=O)n2C. The second kappa shape index (κ2) is 6.20. The maximum atomic E-state index is 12.4. The van der Waals surface area contributed by atoms with E-state index >= 15 is 0 Å². The van der Waals surface area contributed by atoms with Gasteiger partial charge in [-0.15, -0.1) is 0 Å². The highest BCUT2D eigenvalue weighted by Gasteiger charge is 2.14. The van der Waals surface area contributed by atoms with E-state index in [4.69, 9.17) is 10.2 Å². The summed E-state index contributed by atoms with van der Waals surface area (Å²) in [7, 11) is 3.25. The van der Waals surface area contributed by atoms with Crippen molar-refractivity contribution in [3.63, 3.8) is 0 Å². The Morgan fingerprint density at radius 2 is 1.95 bits per heavy atom. The Bertz CT molecular complexity index is 740. The van der Waals surface area contributed by atoms with E-state index in [1.807, 2.05) is 0 Å². The van der Waals surface area contributed by atoms with Crippen LogP contribution in [0.25, 0.3) is 11.2 Å². The van der Waals surface area contributed by atoms with Crippen molar-refractivity contribution in [2.45, 2.75) is 12.6 Å². The van der Waals surface area contributed by atoms with Gasteiger partial charge in [-0.2, -0.15) is 0 Å². The molecule has 0 saturated carbocycles. The molecule has 9 heteroatoms. The summed E-state index contributed by atoms with van der Waals surface area (Å²) in [6, 6.07) is -0.468. The van der Waals surface area contributed by atoms with Crippen LogP contribution >= 0.6 is 0 Å². The van der Waals surface area contributed by atoms with Crippen molar-refractivity contribution in [3.8, 4) is 0 Å². The molecule has 0 bridgehead atoms. The van der Waals surface area contributed by atoms with Crippen LogP contribution in [0.5, 0.6) is 0 Å². The number of aryl methyl sites for hydroxylation is 2. The van der Waals surface area contributed by atoms with E-state index in [0.717, 1.165) is 4.57 Å². The molecule has 0 aliphatic heterocycles. The quantitative estimate of drug-likeness (QED) is 0.538. The molecule has 2 rings (SSSR count). The lowest BCUT2D eigenvalue weighted by molar-refractivity contribution is 0.170. The third-order valence-electron chi connectivity index (χ3n) is 3.41. The molecule has 0 amide bonds. The molecule has 9 nitrogen and oxygen atoms in total. The van der Waals surface area contributed by atoms with Gasteiger partial charge in [-0.25, -0.2) is 9.78 Å². The van der Waals surface area contributed by atoms with Crippen LogP contribution in [0, 0.1) is 0 Å². The molecule has 2 aromatic heterocycles. The minimum Gasteiger partial charge on any atom is -0.395 e. The summed E-state index contributed by atoms with van der Waals surface area (Å²) in [5, 5.41) is 20.8. The largest absolute Gasteiger partial charge is 0.395 e. The van der Waals surface area contributed by atoms with Gasteiger partial charge >= 0.3 is 5.69 Å². The van der Waals surface area contributed by atoms with Gasteiger partial charge in [-0.1, -0.05) is 0 Å². The lowest BCUT2D eigenvalue weighted by Gasteiger charge is -2.14. The Balaban J connectivity index is 2.34. The van der Waals surface area contributed by atoms with E-state index < -0.39 is 17.3 Å². The molecule has 0 saturated heterocycles. The number of rotatable bonds is 6. The molecule has 0 fully saturated rings. The Hall–Kier alpha value is -1.97. The third kappa shape index (κ3) is 2.75. The Morgan fingerprint density at radius 3 is 2.57 bits per heavy atom. The molecule has 21 heavy (non-hydrogen) atoms. The first kappa shape index (κ1) is 15.4. The lowest BCUT2D eigenvalue weighted by atomic mass is 10.3. The molecule has 0 spiro atoms. The molecular formula is C12H19N5O4. The Morgan fingerprint density at radius 1 is 1.29 bits per heavy atom. The van der Waals surface area contributed by atoms with Crippen LogP contribution in [-0.2, 0) is 20.6 Å². The average Bonchev–Trinajstić information content (AvgIpc) is 2.86. The fourth-order valence-corrected chi connectivity index (χ4v) is 2.16. The van der Waals surface area contributed by atoms with Crippen molar-refractivity contribution in [3.05, 3.63) is 27.2 Å². The zero-order valence-corrected chi connectivity index (χ0v) is 12.0. The van der Waals surface area contributed by atoms with Gasteiger partial charge in [-0.3, -0.25) is 13.9 Å². The van der Waals surface area contributed by atoms with Gasteiger partial charge in [0, 0.05) is 27.2 Å². The van der Waals surface area contributed by atoms with Gasteiger partial charge in [0.05, 0.1) is 25.6 Å². The van der Waals surface area contributed by atoms with Crippen LogP contribution in [0.15, 0.2) is 15.9 Å². The first-order chi connectivity index (χ1) is 10.0. The summed E-state index contributed by atoms with van der Waals surface area (Å²) >= 11 is 0. The molecule has 0 aliphatic rings. The fourth-order valence-electron chi connectivity index (χ4n) is 2.16. The van der Waals surface area contributed by atoms with Crippen LogP contribution in [0.1, 0.15) is 0 Å². The van der Waals surface area contributed by atoms with Crippen molar-refractivity contribution in [1.82, 2.24) is 24.0 Å². The highest BCUT2D eigenvalue weighted by atomic mass is 16.3. The van der Waals surface area contributed by atoms with E-state index in [-0.39, 0.29) is 26.3 Å². The first-order valence-electron chi connectivity index (χ1n) is 6.57. The molecule has 2 heterocycles. The minimum atomic E-state index is -0.468. The molecular weight excluding hydrogens is 278 g/mol. The molecule has 0 atom stereocenters. The summed E-state index contributed by atoms with van der Waals surface area (Å²) in [5.41, 5.74) is -0.143. The molecule has 0 radical (unpaired) electrons. The smallest absolute Gasteiger partial charge is 0.332 e. The van der Waals surface area contributed by atoms with Crippen molar-refractivity contribution < 1.29 is 10.2 Å². The lowest BCUT2D eigenvalue weighted by Crippen LogP contribution is -2.44. The molecule has 0 aromatic carbocycles. The topological polar surface area (TPSA) is 114 Å². The fraction of sp³-hybridized carbons (Fsp3) is 0.583. The van der Waals surface area contributed by atoms with Crippen molar-refractivity contribution >= 4 is 11.2 Å². The van der Waals surface area contributed by atoms with E-state index in [1.165, 1.54) is 10.9 Å². The second-order valence-electron chi connectivity index (χ2n) is 4.84. The second-order valence-corrected chi connectivity index (χ2v) is 4.84. The van der Waals surface area contributed by atoms with E-state index in [2.05, 4.69) is 10.3 Å². The van der Waals surface area contributed by atoms with Crippen LogP contribution in [-0.4, -0.2) is 54.7 Å². The number of fused-ring (bicyclic) bond motifs is 1. The number of nitrogens with zero attached hydrogens (tertiary/aromatic N) is 4. The van der Waals surface area contributed by atoms with Crippen molar-refractivity contribution in [2.75, 3.05) is 19.8 Å². The van der Waals surface area contributed by atoms with E-state index in [0.29, 0.717) is 11.2 Å². The normalized spacial score (nSPS) is 11.7. The molecule has 3 N–H and O–H groups in total. The molecule has 2 aromatic rings. The van der Waals surface area contributed by atoms with Gasteiger partial charge in [-0.05, 0) is 0 Å². The summed E-state index contributed by atoms with van der Waals surface area (Å²) in [4.78, 5) is 28.6. The summed E-state index contributed by atoms with van der Waals surface area (Å²) in [6.07, 6.45) is 1.49. The van der Waals surface area contributed by atoms with E-state index in [1.54, 1.807) is 18.7 Å². The van der Waals surface area contributed by atoms with E-state index in [9.17, 15) is 9.59 Å². The molecule has 116 valence electrons. The number of imidazole rings is 1. The van der Waals surface area contributed by atoms with Crippen molar-refractivity contribution in [1.29, 1.82) is 0 Å². The zero-order valence-electron chi connectivity index (χ0n) is 12.0. The Labute approximate surface area is 120 Å². The minimum absolute atomic E-state index is 0.142. The maximum absolute atomic E-state index is 12.4. The van der Waals surface area contributed by atoms with Crippen LogP contribution in [0.4, 0.5) is 0 Å². The number of hydrogen-bond donors (Lipinski definition) is 3. The Kier molecular flexibility index (Phi) is 4.56. The number of aliphatic hydroxyl groups is 2. The number of aromatic nitrogens is 4. The molecule has 0 unspecified atom stereocenters. The number of hydrogen-bond acceptors (Lipinski definition) is 6. The predicted molar refractivity (Wildman–Crippen MR) is 76.2 cm³/mol. The third-order valence-corrected chi connectivity index (χ3v) is 3.41. The summed E-state index contributed by atoms with van der Waals surface area (Å²) < 4.78 is 4.01. The standard InChI is InChI=1S/C12H19N5O4/c1-15-7-14-10-9(15)11(20)17(12(21)16(10)2)4-3-13-8(5-18)6-19/h7-8,13,18-19H,3-6H2,1-2H3. The van der Waals surface area contributed by atoms with Gasteiger partial charge < -0.3 is 20.1 Å². The molecule has 0 aliphatic carbocycles. The van der Waals surface area contributed by atoms with Gasteiger partial charge in [0.15, 0.2) is 11.2 Å². The summed E-state index contributed by atoms with van der Waals surface area (Å²) in [6.45, 7) is -0.0121. The monoisotopic (exact) mass is 297 g/mol. The van der Waals surface area contributed by atoms with Crippen LogP contribution in [0.3, 0.4) is 0 Å². The summed E-state index contributed by atoms with van der Waals surface area (Å²) in [5.74, 6) is 0. The maximum Gasteiger partial charge on any atom is 0.332 e. The highest BCUT2D eigenvalue weighted by Crippen LogP contribution is 2.02. The van der Waals surface area contributed by atoms with Crippen molar-refractivity contribution in [2.24, 2.45) is 14.1 Å². The number of nitrogens with one attached hydrogen (secondary N) is 1. The zero-order chi connectivity index (χ0) is 15.6. The predicted octanol–water partition coefficient (Wildman–Crippen LogP) is -2.62. The number of aliphatic hydroxyl groups excluding tert-OH is 2. The van der Waals surface area contributed by atoms with Gasteiger partial charge in [0.2, 0.25) is 0 Å². The van der Waals surface area contributed by atoms with Gasteiger partial charge in [0.1, 0.15) is 0 Å². The van der Waals surface area contributed by atoms with Gasteiger partial charge in [0.25, 0.3) is 5.56 Å². The van der Waals surface area contributed by atoms with Crippen LogP contribution < -0.4 is 16.6 Å². The van der Waals surface area contributed by atoms with Crippen LogP contribution in [0.2, 0.25) is 0 Å².